The van der Waals surface area contributed by atoms with Crippen LogP contribution in [0.15, 0.2) is 72.8 Å². The SMILES string of the molecule is CCCCCOC(=O)c1ccccc1N1C(=O)[C@@H]2C3c4ccccc4C(c4ccccc43)[C@H]2C1=O. The molecule has 0 unspecified atom stereocenters. The summed E-state index contributed by atoms with van der Waals surface area (Å²) in [6.07, 6.45) is 2.79. The van der Waals surface area contributed by atoms with E-state index in [1.54, 1.807) is 24.3 Å². The van der Waals surface area contributed by atoms with Crippen LogP contribution in [0.25, 0.3) is 0 Å². The highest BCUT2D eigenvalue weighted by atomic mass is 16.5. The lowest BCUT2D eigenvalue weighted by molar-refractivity contribution is -0.122. The van der Waals surface area contributed by atoms with E-state index in [2.05, 4.69) is 31.2 Å². The molecule has 7 rings (SSSR count). The Labute approximate surface area is 204 Å². The number of carbonyl (C=O) groups is 3. The van der Waals surface area contributed by atoms with Gasteiger partial charge in [-0.1, -0.05) is 80.4 Å². The Balaban J connectivity index is 1.41. The van der Waals surface area contributed by atoms with Gasteiger partial charge in [-0.2, -0.15) is 0 Å². The minimum atomic E-state index is -0.498. The van der Waals surface area contributed by atoms with Crippen molar-refractivity contribution in [2.45, 2.75) is 38.0 Å². The zero-order valence-corrected chi connectivity index (χ0v) is 19.6. The van der Waals surface area contributed by atoms with E-state index in [-0.39, 0.29) is 29.2 Å². The van der Waals surface area contributed by atoms with E-state index in [0.29, 0.717) is 12.3 Å². The number of amides is 2. The third kappa shape index (κ3) is 3.18. The number of carbonyl (C=O) groups excluding carboxylic acids is 3. The molecule has 176 valence electrons. The van der Waals surface area contributed by atoms with Crippen LogP contribution in [0.1, 0.15) is 70.6 Å². The average molecular weight is 466 g/mol. The quantitative estimate of drug-likeness (QED) is 0.277. The van der Waals surface area contributed by atoms with Gasteiger partial charge in [0.1, 0.15) is 0 Å². The highest BCUT2D eigenvalue weighted by molar-refractivity contribution is 6.25. The van der Waals surface area contributed by atoms with Gasteiger partial charge < -0.3 is 4.74 Å². The standard InChI is InChI=1S/C30H27NO4/c1-2-3-10-17-35-30(34)22-15-8-9-16-23(22)31-28(32)26-24-18-11-4-5-12-19(18)25(27(26)29(31)33)21-14-7-6-13-20(21)24/h4-9,11-16,24-27H,2-3,10,17H2,1H3/t24?,25?,26-,27-/m1/s1. The second-order valence-electron chi connectivity index (χ2n) is 9.64. The van der Waals surface area contributed by atoms with Crippen LogP contribution in [0.3, 0.4) is 0 Å². The molecule has 0 saturated carbocycles. The number of ether oxygens (including phenoxy) is 1. The van der Waals surface area contributed by atoms with Gasteiger partial charge in [0.05, 0.1) is 29.7 Å². The molecule has 2 bridgehead atoms. The smallest absolute Gasteiger partial charge is 0.340 e. The maximum Gasteiger partial charge on any atom is 0.340 e. The van der Waals surface area contributed by atoms with E-state index in [9.17, 15) is 14.4 Å². The molecule has 3 aromatic rings. The van der Waals surface area contributed by atoms with Crippen molar-refractivity contribution in [2.75, 3.05) is 11.5 Å². The van der Waals surface area contributed by atoms with Crippen LogP contribution in [-0.2, 0) is 14.3 Å². The van der Waals surface area contributed by atoms with Crippen molar-refractivity contribution in [3.8, 4) is 0 Å². The monoisotopic (exact) mass is 465 g/mol. The van der Waals surface area contributed by atoms with Gasteiger partial charge in [0.2, 0.25) is 11.8 Å². The van der Waals surface area contributed by atoms with Crippen LogP contribution < -0.4 is 4.90 Å². The van der Waals surface area contributed by atoms with Gasteiger partial charge in [0.15, 0.2) is 0 Å². The predicted octanol–water partition coefficient (Wildman–Crippen LogP) is 5.43. The fraction of sp³-hybridized carbons (Fsp3) is 0.300. The fourth-order valence-electron chi connectivity index (χ4n) is 6.35. The number of rotatable bonds is 6. The van der Waals surface area contributed by atoms with Crippen molar-refractivity contribution in [3.05, 3.63) is 101 Å². The van der Waals surface area contributed by atoms with Crippen molar-refractivity contribution < 1.29 is 19.1 Å². The number of hydrogen-bond donors (Lipinski definition) is 0. The van der Waals surface area contributed by atoms with Crippen LogP contribution in [0, 0.1) is 11.8 Å². The number of imide groups is 1. The number of anilines is 1. The van der Waals surface area contributed by atoms with Gasteiger partial charge in [0, 0.05) is 11.8 Å². The molecule has 5 heteroatoms. The first-order valence-corrected chi connectivity index (χ1v) is 12.4. The molecule has 0 N–H and O–H groups in total. The first-order chi connectivity index (χ1) is 17.1. The Hall–Kier alpha value is -3.73. The second kappa shape index (κ2) is 8.49. The molecule has 35 heavy (non-hydrogen) atoms. The van der Waals surface area contributed by atoms with E-state index in [1.807, 2.05) is 24.3 Å². The Morgan fingerprint density at radius 2 is 1.23 bits per heavy atom. The summed E-state index contributed by atoms with van der Waals surface area (Å²) in [7, 11) is 0. The molecule has 0 spiro atoms. The molecule has 4 aliphatic rings. The summed E-state index contributed by atoms with van der Waals surface area (Å²) in [5, 5.41) is 0. The minimum absolute atomic E-state index is 0.174. The molecule has 5 nitrogen and oxygen atoms in total. The third-order valence-corrected chi connectivity index (χ3v) is 7.79. The molecule has 1 saturated heterocycles. The lowest BCUT2D eigenvalue weighted by atomic mass is 9.55. The average Bonchev–Trinajstić information content (AvgIpc) is 3.16. The minimum Gasteiger partial charge on any atom is -0.462 e. The van der Waals surface area contributed by atoms with E-state index in [4.69, 9.17) is 4.74 Å². The maximum absolute atomic E-state index is 14.0. The zero-order valence-electron chi connectivity index (χ0n) is 19.6. The van der Waals surface area contributed by atoms with Gasteiger partial charge in [-0.15, -0.1) is 0 Å². The number of para-hydroxylation sites is 1. The molecule has 3 aliphatic carbocycles. The van der Waals surface area contributed by atoms with E-state index in [0.717, 1.165) is 41.5 Å². The predicted molar refractivity (Wildman–Crippen MR) is 132 cm³/mol. The van der Waals surface area contributed by atoms with Gasteiger partial charge in [0.25, 0.3) is 0 Å². The first-order valence-electron chi connectivity index (χ1n) is 12.4. The van der Waals surface area contributed by atoms with E-state index >= 15 is 0 Å². The van der Waals surface area contributed by atoms with Crippen LogP contribution in [0.4, 0.5) is 5.69 Å². The van der Waals surface area contributed by atoms with Crippen LogP contribution >= 0.6 is 0 Å². The molecular formula is C30H27NO4. The molecule has 2 atom stereocenters. The Morgan fingerprint density at radius 1 is 0.743 bits per heavy atom. The Kier molecular flexibility index (Phi) is 5.28. The van der Waals surface area contributed by atoms with E-state index < -0.39 is 17.8 Å². The van der Waals surface area contributed by atoms with Crippen LogP contribution in [0.5, 0.6) is 0 Å². The Morgan fingerprint density at radius 3 is 1.74 bits per heavy atom. The van der Waals surface area contributed by atoms with Crippen molar-refractivity contribution in [1.29, 1.82) is 0 Å². The zero-order chi connectivity index (χ0) is 24.1. The van der Waals surface area contributed by atoms with Crippen LogP contribution in [-0.4, -0.2) is 24.4 Å². The Bertz CT molecular complexity index is 1230. The molecule has 3 aromatic carbocycles. The highest BCUT2D eigenvalue weighted by Crippen LogP contribution is 2.61. The molecule has 1 fully saturated rings. The van der Waals surface area contributed by atoms with Crippen molar-refractivity contribution in [1.82, 2.24) is 0 Å². The van der Waals surface area contributed by atoms with Gasteiger partial charge in [-0.25, -0.2) is 9.69 Å². The molecule has 0 aromatic heterocycles. The normalized spacial score (nSPS) is 23.6. The fourth-order valence-corrected chi connectivity index (χ4v) is 6.35. The largest absolute Gasteiger partial charge is 0.462 e. The lowest BCUT2D eigenvalue weighted by Crippen LogP contribution is -2.41. The van der Waals surface area contributed by atoms with Crippen molar-refractivity contribution in [2.24, 2.45) is 11.8 Å². The first kappa shape index (κ1) is 21.8. The number of benzene rings is 3. The third-order valence-electron chi connectivity index (χ3n) is 7.79. The molecular weight excluding hydrogens is 438 g/mol. The summed E-state index contributed by atoms with van der Waals surface area (Å²) in [5.41, 5.74) is 5.10. The summed E-state index contributed by atoms with van der Waals surface area (Å²) in [5.74, 6) is -2.27. The molecule has 2 amide bonds. The molecule has 1 aliphatic heterocycles. The van der Waals surface area contributed by atoms with Crippen molar-refractivity contribution >= 4 is 23.5 Å². The number of hydrogen-bond acceptors (Lipinski definition) is 4. The number of nitrogens with zero attached hydrogens (tertiary/aromatic N) is 1. The van der Waals surface area contributed by atoms with Crippen LogP contribution in [0.2, 0.25) is 0 Å². The summed E-state index contributed by atoms with van der Waals surface area (Å²) in [6, 6.07) is 23.1. The van der Waals surface area contributed by atoms with Gasteiger partial charge in [-0.3, -0.25) is 9.59 Å². The summed E-state index contributed by atoms with van der Waals surface area (Å²) in [6.45, 7) is 2.41. The number of esters is 1. The summed E-state index contributed by atoms with van der Waals surface area (Å²) in [4.78, 5) is 42.2. The summed E-state index contributed by atoms with van der Waals surface area (Å²) >= 11 is 0. The molecule has 1 heterocycles. The molecule has 0 radical (unpaired) electrons. The number of unbranched alkanes of at least 4 members (excludes halogenated alkanes) is 2. The van der Waals surface area contributed by atoms with Gasteiger partial charge in [-0.05, 0) is 40.8 Å². The van der Waals surface area contributed by atoms with Gasteiger partial charge >= 0.3 is 5.97 Å². The topological polar surface area (TPSA) is 63.7 Å². The lowest BCUT2D eigenvalue weighted by Gasteiger charge is -2.45. The maximum atomic E-state index is 14.0. The van der Waals surface area contributed by atoms with Crippen molar-refractivity contribution in [3.63, 3.8) is 0 Å². The highest BCUT2D eigenvalue weighted by Gasteiger charge is 2.62. The summed E-state index contributed by atoms with van der Waals surface area (Å²) < 4.78 is 5.49. The second-order valence-corrected chi connectivity index (χ2v) is 9.64. The van der Waals surface area contributed by atoms with E-state index in [1.165, 1.54) is 4.90 Å².